The van der Waals surface area contributed by atoms with Gasteiger partial charge in [-0.1, -0.05) is 12.1 Å². The van der Waals surface area contributed by atoms with E-state index in [1.54, 1.807) is 12.1 Å². The Morgan fingerprint density at radius 1 is 1.05 bits per heavy atom. The van der Waals surface area contributed by atoms with Gasteiger partial charge in [-0.3, -0.25) is 0 Å². The Morgan fingerprint density at radius 2 is 1.81 bits per heavy atom. The van der Waals surface area contributed by atoms with Crippen molar-refractivity contribution >= 4 is 11.0 Å². The molecule has 1 aliphatic rings. The average molecular weight is 282 g/mol. The van der Waals surface area contributed by atoms with E-state index in [0.717, 1.165) is 34.4 Å². The van der Waals surface area contributed by atoms with Crippen molar-refractivity contribution in [3.8, 4) is 5.75 Å². The Hall–Kier alpha value is -2.53. The van der Waals surface area contributed by atoms with Gasteiger partial charge < -0.3 is 19.8 Å². The zero-order valence-corrected chi connectivity index (χ0v) is 11.2. The molecule has 0 fully saturated rings. The van der Waals surface area contributed by atoms with Gasteiger partial charge in [-0.15, -0.1) is 0 Å². The van der Waals surface area contributed by atoms with Crippen LogP contribution in [0.25, 0.3) is 11.0 Å². The van der Waals surface area contributed by atoms with Crippen LogP contribution in [0.4, 0.5) is 0 Å². The number of aromatic nitrogens is 2. The second-order valence-electron chi connectivity index (χ2n) is 5.25. The number of rotatable bonds is 2. The molecule has 1 aliphatic heterocycles. The lowest BCUT2D eigenvalue weighted by Crippen LogP contribution is -2.00. The normalized spacial score (nSPS) is 14.9. The Labute approximate surface area is 120 Å². The minimum absolute atomic E-state index is 0.244. The molecule has 5 nitrogen and oxygen atoms in total. The molecule has 0 saturated heterocycles. The highest BCUT2D eigenvalue weighted by Gasteiger charge is 2.17. The Bertz CT molecular complexity index is 879. The maximum Gasteiger partial charge on any atom is 0.323 e. The van der Waals surface area contributed by atoms with Gasteiger partial charge in [0, 0.05) is 6.42 Å². The number of aromatic amines is 2. The first-order valence-electron chi connectivity index (χ1n) is 6.86. The average Bonchev–Trinajstić information content (AvgIpc) is 3.09. The number of aliphatic hydroxyl groups excluding tert-OH is 1. The highest BCUT2D eigenvalue weighted by molar-refractivity contribution is 5.75. The van der Waals surface area contributed by atoms with Crippen molar-refractivity contribution in [2.45, 2.75) is 12.5 Å². The van der Waals surface area contributed by atoms with Crippen LogP contribution < -0.4 is 10.4 Å². The van der Waals surface area contributed by atoms with Crippen LogP contribution in [0.15, 0.2) is 41.2 Å². The first kappa shape index (κ1) is 12.2. The largest absolute Gasteiger partial charge is 0.493 e. The van der Waals surface area contributed by atoms with E-state index in [4.69, 9.17) is 4.74 Å². The fraction of sp³-hybridized carbons (Fsp3) is 0.188. The van der Waals surface area contributed by atoms with Crippen LogP contribution in [0.5, 0.6) is 5.75 Å². The van der Waals surface area contributed by atoms with Gasteiger partial charge in [0.25, 0.3) is 0 Å². The second-order valence-corrected chi connectivity index (χ2v) is 5.25. The minimum Gasteiger partial charge on any atom is -0.493 e. The Morgan fingerprint density at radius 3 is 2.71 bits per heavy atom. The number of imidazole rings is 1. The van der Waals surface area contributed by atoms with Gasteiger partial charge >= 0.3 is 5.69 Å². The van der Waals surface area contributed by atoms with Crippen LogP contribution in [0.3, 0.4) is 0 Å². The molecule has 4 rings (SSSR count). The zero-order chi connectivity index (χ0) is 14.4. The summed E-state index contributed by atoms with van der Waals surface area (Å²) in [6.45, 7) is 0.700. The molecular formula is C16H14N2O3. The summed E-state index contributed by atoms with van der Waals surface area (Å²) in [6, 6.07) is 11.2. The summed E-state index contributed by atoms with van der Waals surface area (Å²) in [6.07, 6.45) is 0.152. The number of fused-ring (bicyclic) bond motifs is 2. The van der Waals surface area contributed by atoms with Crippen molar-refractivity contribution in [2.24, 2.45) is 0 Å². The number of benzene rings is 2. The molecule has 0 radical (unpaired) electrons. The highest BCUT2D eigenvalue weighted by Crippen LogP contribution is 2.31. The molecule has 0 amide bonds. The maximum absolute atomic E-state index is 11.3. The van der Waals surface area contributed by atoms with Crippen LogP contribution in [-0.2, 0) is 6.42 Å². The Kier molecular flexibility index (Phi) is 2.62. The summed E-state index contributed by atoms with van der Waals surface area (Å²) in [5.74, 6) is 0.899. The quantitative estimate of drug-likeness (QED) is 0.671. The number of ether oxygens (including phenoxy) is 1. The molecule has 3 N–H and O–H groups in total. The lowest BCUT2D eigenvalue weighted by atomic mass is 9.98. The monoisotopic (exact) mass is 282 g/mol. The van der Waals surface area contributed by atoms with Gasteiger partial charge in [-0.05, 0) is 41.0 Å². The third kappa shape index (κ3) is 2.02. The number of hydrogen-bond acceptors (Lipinski definition) is 3. The van der Waals surface area contributed by atoms with Gasteiger partial charge in [0.1, 0.15) is 11.9 Å². The number of H-pyrrole nitrogens is 2. The van der Waals surface area contributed by atoms with E-state index < -0.39 is 6.10 Å². The number of hydrogen-bond donors (Lipinski definition) is 3. The lowest BCUT2D eigenvalue weighted by molar-refractivity contribution is 0.220. The maximum atomic E-state index is 11.3. The van der Waals surface area contributed by atoms with Crippen LogP contribution in [0, 0.1) is 0 Å². The van der Waals surface area contributed by atoms with E-state index in [0.29, 0.717) is 12.1 Å². The van der Waals surface area contributed by atoms with Crippen LogP contribution in [-0.4, -0.2) is 21.7 Å². The van der Waals surface area contributed by atoms with Crippen molar-refractivity contribution in [1.29, 1.82) is 0 Å². The van der Waals surface area contributed by atoms with Crippen LogP contribution in [0.2, 0.25) is 0 Å². The van der Waals surface area contributed by atoms with Crippen LogP contribution >= 0.6 is 0 Å². The topological polar surface area (TPSA) is 78.1 Å². The van der Waals surface area contributed by atoms with E-state index in [1.807, 2.05) is 24.3 Å². The smallest absolute Gasteiger partial charge is 0.323 e. The van der Waals surface area contributed by atoms with Crippen LogP contribution in [0.1, 0.15) is 22.8 Å². The van der Waals surface area contributed by atoms with E-state index in [-0.39, 0.29) is 5.69 Å². The summed E-state index contributed by atoms with van der Waals surface area (Å²) >= 11 is 0. The van der Waals surface area contributed by atoms with E-state index >= 15 is 0 Å². The van der Waals surface area contributed by atoms with Crippen molar-refractivity contribution < 1.29 is 9.84 Å². The predicted molar refractivity (Wildman–Crippen MR) is 78.6 cm³/mol. The molecule has 21 heavy (non-hydrogen) atoms. The van der Waals surface area contributed by atoms with Crippen molar-refractivity contribution in [3.63, 3.8) is 0 Å². The Balaban J connectivity index is 1.75. The van der Waals surface area contributed by atoms with E-state index in [9.17, 15) is 9.90 Å². The third-order valence-electron chi connectivity index (χ3n) is 3.89. The first-order valence-corrected chi connectivity index (χ1v) is 6.86. The van der Waals surface area contributed by atoms with Crippen molar-refractivity contribution in [1.82, 2.24) is 9.97 Å². The summed E-state index contributed by atoms with van der Waals surface area (Å²) in [5.41, 5.74) is 3.89. The molecule has 1 aromatic heterocycles. The predicted octanol–water partition coefficient (Wildman–Crippen LogP) is 1.87. The van der Waals surface area contributed by atoms with Gasteiger partial charge in [0.05, 0.1) is 17.6 Å². The summed E-state index contributed by atoms with van der Waals surface area (Å²) in [5, 5.41) is 10.5. The van der Waals surface area contributed by atoms with Crippen molar-refractivity contribution in [3.05, 3.63) is 63.6 Å². The van der Waals surface area contributed by atoms with Crippen molar-refractivity contribution in [2.75, 3.05) is 6.61 Å². The lowest BCUT2D eigenvalue weighted by Gasteiger charge is -2.12. The third-order valence-corrected chi connectivity index (χ3v) is 3.89. The molecule has 0 spiro atoms. The minimum atomic E-state index is -0.723. The number of nitrogens with one attached hydrogen (secondary N) is 2. The fourth-order valence-electron chi connectivity index (χ4n) is 2.79. The number of aliphatic hydroxyl groups is 1. The van der Waals surface area contributed by atoms with Gasteiger partial charge in [0.2, 0.25) is 0 Å². The summed E-state index contributed by atoms with van der Waals surface area (Å²) in [7, 11) is 0. The molecule has 0 saturated carbocycles. The van der Waals surface area contributed by atoms with E-state index in [2.05, 4.69) is 9.97 Å². The fourth-order valence-corrected chi connectivity index (χ4v) is 2.79. The molecule has 0 aliphatic carbocycles. The highest BCUT2D eigenvalue weighted by atomic mass is 16.5. The molecule has 0 bridgehead atoms. The first-order chi connectivity index (χ1) is 10.2. The molecule has 1 unspecified atom stereocenters. The zero-order valence-electron chi connectivity index (χ0n) is 11.2. The molecule has 5 heteroatoms. The molecule has 2 aromatic carbocycles. The van der Waals surface area contributed by atoms with Gasteiger partial charge in [0.15, 0.2) is 0 Å². The molecule has 106 valence electrons. The second kappa shape index (κ2) is 4.49. The standard InChI is InChI=1S/C16H14N2O3/c19-15(10-2-4-14-9(7-10)5-6-21-14)11-1-3-12-13(8-11)18-16(20)17-12/h1-4,7-8,15,19H,5-6H2,(H2,17,18,20). The summed E-state index contributed by atoms with van der Waals surface area (Å²) in [4.78, 5) is 16.7. The molecule has 2 heterocycles. The molecule has 1 atom stereocenters. The van der Waals surface area contributed by atoms with Gasteiger partial charge in [-0.25, -0.2) is 4.79 Å². The SMILES string of the molecule is O=c1[nH]c2ccc(C(O)c3ccc4c(c3)CCO4)cc2[nH]1. The molecular weight excluding hydrogens is 268 g/mol. The van der Waals surface area contributed by atoms with E-state index in [1.165, 1.54) is 0 Å². The summed E-state index contributed by atoms with van der Waals surface area (Å²) < 4.78 is 5.47. The van der Waals surface area contributed by atoms with Gasteiger partial charge in [-0.2, -0.15) is 0 Å². The molecule has 3 aromatic rings.